The van der Waals surface area contributed by atoms with Gasteiger partial charge in [-0.2, -0.15) is 0 Å². The van der Waals surface area contributed by atoms with Crippen molar-refractivity contribution in [1.29, 1.82) is 0 Å². The highest BCUT2D eigenvalue weighted by Crippen LogP contribution is 2.07. The second-order valence-corrected chi connectivity index (χ2v) is 9.41. The van der Waals surface area contributed by atoms with Gasteiger partial charge in [0, 0.05) is 6.54 Å². The fourth-order valence-corrected chi connectivity index (χ4v) is 3.38. The SMILES string of the molecule is CC[C@H](NC(=O)[C@@H](NC(=O)[C@H](CCCN=C(N)N)NC(=O)[C@H](CC(=O)O)NC(=O)[C@@H](N)CC(=O)O)C(C)C)C(=O)O. The molecule has 0 radical (unpaired) electrons. The number of rotatable bonds is 19. The number of carboxylic acids is 3. The molecular formula is C23H40N8O10. The van der Waals surface area contributed by atoms with Crippen LogP contribution >= 0.6 is 0 Å². The molecule has 0 saturated carbocycles. The lowest BCUT2D eigenvalue weighted by molar-refractivity contribution is -0.143. The lowest BCUT2D eigenvalue weighted by Gasteiger charge is -2.27. The van der Waals surface area contributed by atoms with Crippen LogP contribution in [0.2, 0.25) is 0 Å². The third kappa shape index (κ3) is 14.5. The molecule has 0 unspecified atom stereocenters. The smallest absolute Gasteiger partial charge is 0.326 e. The molecule has 0 aliphatic carbocycles. The number of hydrogen-bond acceptors (Lipinski definition) is 9. The molecule has 0 aromatic heterocycles. The van der Waals surface area contributed by atoms with Crippen molar-refractivity contribution in [1.82, 2.24) is 21.3 Å². The highest BCUT2D eigenvalue weighted by atomic mass is 16.4. The van der Waals surface area contributed by atoms with Crippen LogP contribution in [0.25, 0.3) is 0 Å². The molecule has 0 heterocycles. The van der Waals surface area contributed by atoms with E-state index in [4.69, 9.17) is 22.3 Å². The van der Waals surface area contributed by atoms with Crippen molar-refractivity contribution < 1.29 is 48.9 Å². The van der Waals surface area contributed by atoms with Crippen molar-refractivity contribution in [2.75, 3.05) is 6.54 Å². The summed E-state index contributed by atoms with van der Waals surface area (Å²) in [5.74, 6) is -8.77. The first kappa shape index (κ1) is 36.5. The minimum Gasteiger partial charge on any atom is -0.481 e. The zero-order valence-corrected chi connectivity index (χ0v) is 23.1. The number of nitrogens with zero attached hydrogens (tertiary/aromatic N) is 1. The Labute approximate surface area is 235 Å². The zero-order valence-electron chi connectivity index (χ0n) is 23.1. The second-order valence-electron chi connectivity index (χ2n) is 9.41. The Balaban J connectivity index is 5.93. The maximum Gasteiger partial charge on any atom is 0.326 e. The Kier molecular flexibility index (Phi) is 16.0. The number of amides is 4. The Morgan fingerprint density at radius 2 is 1.24 bits per heavy atom. The van der Waals surface area contributed by atoms with Gasteiger partial charge >= 0.3 is 17.9 Å². The fourth-order valence-electron chi connectivity index (χ4n) is 3.38. The first-order valence-electron chi connectivity index (χ1n) is 12.7. The average Bonchev–Trinajstić information content (AvgIpc) is 2.85. The monoisotopic (exact) mass is 588 g/mol. The van der Waals surface area contributed by atoms with Gasteiger partial charge in [0.15, 0.2) is 5.96 Å². The van der Waals surface area contributed by atoms with Crippen LogP contribution in [-0.2, 0) is 33.6 Å². The van der Waals surface area contributed by atoms with Gasteiger partial charge in [0.25, 0.3) is 0 Å². The third-order valence-corrected chi connectivity index (χ3v) is 5.59. The molecule has 41 heavy (non-hydrogen) atoms. The Bertz CT molecular complexity index is 999. The van der Waals surface area contributed by atoms with Gasteiger partial charge in [0.1, 0.15) is 24.2 Å². The average molecular weight is 589 g/mol. The molecule has 4 amide bonds. The Morgan fingerprint density at radius 3 is 1.71 bits per heavy atom. The van der Waals surface area contributed by atoms with Crippen LogP contribution in [-0.4, -0.2) is 99.6 Å². The van der Waals surface area contributed by atoms with Gasteiger partial charge in [-0.05, 0) is 25.2 Å². The summed E-state index contributed by atoms with van der Waals surface area (Å²) in [7, 11) is 0. The van der Waals surface area contributed by atoms with E-state index in [1.807, 2.05) is 0 Å². The summed E-state index contributed by atoms with van der Waals surface area (Å²) in [6.07, 6.45) is -1.59. The molecule has 0 saturated heterocycles. The molecule has 232 valence electrons. The van der Waals surface area contributed by atoms with Gasteiger partial charge in [0.05, 0.1) is 18.9 Å². The molecule has 0 fully saturated rings. The van der Waals surface area contributed by atoms with Gasteiger partial charge < -0.3 is 53.8 Å². The van der Waals surface area contributed by atoms with Crippen LogP contribution in [0.1, 0.15) is 52.9 Å². The molecule has 0 bridgehead atoms. The molecule has 18 nitrogen and oxygen atoms in total. The largest absolute Gasteiger partial charge is 0.481 e. The molecular weight excluding hydrogens is 548 g/mol. The van der Waals surface area contributed by atoms with Gasteiger partial charge in [-0.15, -0.1) is 0 Å². The maximum atomic E-state index is 13.2. The van der Waals surface area contributed by atoms with E-state index in [1.165, 1.54) is 0 Å². The number of carbonyl (C=O) groups is 7. The third-order valence-electron chi connectivity index (χ3n) is 5.59. The molecule has 13 N–H and O–H groups in total. The zero-order chi connectivity index (χ0) is 31.9. The van der Waals surface area contributed by atoms with E-state index in [9.17, 15) is 43.8 Å². The predicted molar refractivity (Wildman–Crippen MR) is 143 cm³/mol. The van der Waals surface area contributed by atoms with E-state index >= 15 is 0 Å². The number of hydrogen-bond donors (Lipinski definition) is 10. The van der Waals surface area contributed by atoms with Crippen molar-refractivity contribution in [2.24, 2.45) is 28.1 Å². The van der Waals surface area contributed by atoms with Crippen LogP contribution in [0.3, 0.4) is 0 Å². The molecule has 5 atom stereocenters. The quantitative estimate of drug-likeness (QED) is 0.0396. The topological polar surface area (TPSA) is 319 Å². The van der Waals surface area contributed by atoms with Crippen molar-refractivity contribution >= 4 is 47.5 Å². The summed E-state index contributed by atoms with van der Waals surface area (Å²) in [4.78, 5) is 88.5. The first-order valence-corrected chi connectivity index (χ1v) is 12.7. The number of nitrogens with two attached hydrogens (primary N) is 3. The minimum absolute atomic E-state index is 0.0478. The fraction of sp³-hybridized carbons (Fsp3) is 0.652. The molecule has 0 aromatic carbocycles. The highest BCUT2D eigenvalue weighted by Gasteiger charge is 2.33. The van der Waals surface area contributed by atoms with Crippen LogP contribution in [0.4, 0.5) is 0 Å². The molecule has 18 heteroatoms. The van der Waals surface area contributed by atoms with Crippen molar-refractivity contribution in [3.63, 3.8) is 0 Å². The Hall–Kier alpha value is -4.48. The second kappa shape index (κ2) is 18.0. The molecule has 0 aromatic rings. The standard InChI is InChI=1S/C23H40N8O10/c1-4-12(22(40)41)28-21(39)17(10(2)3)31-19(37)13(6-5-7-27-23(25)26)29-20(38)14(9-16(34)35)30-18(36)11(24)8-15(32)33/h10-14,17H,4-9,24H2,1-3H3,(H,28,39)(H,29,38)(H,30,36)(H,31,37)(H,32,33)(H,34,35)(H,40,41)(H4,25,26,27)/t11-,12-,13-,14-,17-/m0/s1. The Morgan fingerprint density at radius 1 is 0.732 bits per heavy atom. The van der Waals surface area contributed by atoms with Crippen molar-refractivity contribution in [3.8, 4) is 0 Å². The predicted octanol–water partition coefficient (Wildman–Crippen LogP) is -3.59. The summed E-state index contributed by atoms with van der Waals surface area (Å²) < 4.78 is 0. The number of nitrogens with one attached hydrogen (secondary N) is 4. The number of aliphatic imine (C=N–C) groups is 1. The first-order chi connectivity index (χ1) is 19.0. The number of carboxylic acid groups (broad SMARTS) is 3. The summed E-state index contributed by atoms with van der Waals surface area (Å²) in [5, 5.41) is 36.5. The van der Waals surface area contributed by atoms with Gasteiger partial charge in [-0.25, -0.2) is 4.79 Å². The number of guanidine groups is 1. The number of aliphatic carboxylic acids is 3. The van der Waals surface area contributed by atoms with Crippen LogP contribution in [0.5, 0.6) is 0 Å². The molecule has 0 rings (SSSR count). The summed E-state index contributed by atoms with van der Waals surface area (Å²) in [6.45, 7) is 4.78. The van der Waals surface area contributed by atoms with Gasteiger partial charge in [-0.1, -0.05) is 20.8 Å². The van der Waals surface area contributed by atoms with Crippen LogP contribution in [0, 0.1) is 5.92 Å². The summed E-state index contributed by atoms with van der Waals surface area (Å²) in [6, 6.07) is -7.12. The molecule has 0 aliphatic heterocycles. The van der Waals surface area contributed by atoms with E-state index in [0.717, 1.165) is 0 Å². The molecule has 0 aliphatic rings. The van der Waals surface area contributed by atoms with Gasteiger partial charge in [-0.3, -0.25) is 33.8 Å². The van der Waals surface area contributed by atoms with E-state index in [0.29, 0.717) is 0 Å². The van der Waals surface area contributed by atoms with E-state index < -0.39 is 90.5 Å². The lowest BCUT2D eigenvalue weighted by atomic mass is 10.0. The number of carbonyl (C=O) groups excluding carboxylic acids is 4. The lowest BCUT2D eigenvalue weighted by Crippen LogP contribution is -2.59. The normalized spacial score (nSPS) is 14.4. The minimum atomic E-state index is -1.74. The van der Waals surface area contributed by atoms with E-state index in [1.54, 1.807) is 20.8 Å². The molecule has 0 spiro atoms. The highest BCUT2D eigenvalue weighted by molar-refractivity contribution is 5.97. The van der Waals surface area contributed by atoms with Crippen molar-refractivity contribution in [2.45, 2.75) is 83.1 Å². The summed E-state index contributed by atoms with van der Waals surface area (Å²) >= 11 is 0. The van der Waals surface area contributed by atoms with E-state index in [-0.39, 0.29) is 31.8 Å². The van der Waals surface area contributed by atoms with Crippen LogP contribution < -0.4 is 38.5 Å². The maximum absolute atomic E-state index is 13.2. The van der Waals surface area contributed by atoms with E-state index in [2.05, 4.69) is 26.3 Å². The summed E-state index contributed by atoms with van der Waals surface area (Å²) in [5.41, 5.74) is 16.1. The van der Waals surface area contributed by atoms with Crippen LogP contribution in [0.15, 0.2) is 4.99 Å². The van der Waals surface area contributed by atoms with Gasteiger partial charge in [0.2, 0.25) is 23.6 Å². The van der Waals surface area contributed by atoms with Crippen molar-refractivity contribution in [3.05, 3.63) is 0 Å².